The van der Waals surface area contributed by atoms with Gasteiger partial charge in [-0.3, -0.25) is 9.89 Å². The zero-order valence-corrected chi connectivity index (χ0v) is 14.0. The van der Waals surface area contributed by atoms with Crippen LogP contribution in [0.25, 0.3) is 0 Å². The fourth-order valence-electron chi connectivity index (χ4n) is 2.28. The van der Waals surface area contributed by atoms with Crippen LogP contribution in [0.3, 0.4) is 0 Å². The van der Waals surface area contributed by atoms with Crippen molar-refractivity contribution in [3.8, 4) is 0 Å². The quantitative estimate of drug-likeness (QED) is 0.885. The molecule has 1 aromatic carbocycles. The number of nitrogens with one attached hydrogen (secondary N) is 2. The van der Waals surface area contributed by atoms with E-state index in [-0.39, 0.29) is 5.91 Å². The second kappa shape index (κ2) is 6.83. The molecule has 0 aliphatic heterocycles. The van der Waals surface area contributed by atoms with Crippen LogP contribution < -0.4 is 10.2 Å². The fourth-order valence-corrected chi connectivity index (χ4v) is 2.62. The van der Waals surface area contributed by atoms with Crippen LogP contribution in [-0.2, 0) is 6.42 Å². The van der Waals surface area contributed by atoms with Crippen molar-refractivity contribution in [2.45, 2.75) is 20.3 Å². The summed E-state index contributed by atoms with van der Waals surface area (Å²) < 4.78 is 0. The molecule has 0 bridgehead atoms. The molecular formula is C16H21ClN4O. The van der Waals surface area contributed by atoms with Gasteiger partial charge in [0.1, 0.15) is 0 Å². The van der Waals surface area contributed by atoms with E-state index in [4.69, 9.17) is 11.6 Å². The third-order valence-corrected chi connectivity index (χ3v) is 3.48. The van der Waals surface area contributed by atoms with E-state index in [2.05, 4.69) is 29.4 Å². The van der Waals surface area contributed by atoms with Gasteiger partial charge in [-0.25, -0.2) is 0 Å². The molecule has 22 heavy (non-hydrogen) atoms. The molecule has 118 valence electrons. The van der Waals surface area contributed by atoms with E-state index in [0.717, 1.165) is 17.8 Å². The minimum atomic E-state index is -0.253. The standard InChI is InChI=1S/C16H21ClN4O/c1-10(2)8-11-9-14(20-19-11)16(22)18-13-7-5-6-12(17)15(13)21(3)4/h5-7,9-10H,8H2,1-4H3,(H,18,22)(H,19,20). The van der Waals surface area contributed by atoms with Gasteiger partial charge in [0.2, 0.25) is 0 Å². The Labute approximate surface area is 135 Å². The minimum absolute atomic E-state index is 0.253. The molecule has 0 unspecified atom stereocenters. The Morgan fingerprint density at radius 3 is 2.77 bits per heavy atom. The average molecular weight is 321 g/mol. The molecule has 2 aromatic rings. The number of anilines is 2. The maximum Gasteiger partial charge on any atom is 0.276 e. The number of hydrogen-bond acceptors (Lipinski definition) is 3. The van der Waals surface area contributed by atoms with Crippen LogP contribution in [0, 0.1) is 5.92 Å². The number of rotatable bonds is 5. The lowest BCUT2D eigenvalue weighted by atomic mass is 10.1. The molecule has 1 amide bonds. The molecule has 5 nitrogen and oxygen atoms in total. The summed E-state index contributed by atoms with van der Waals surface area (Å²) in [4.78, 5) is 14.2. The third kappa shape index (κ3) is 3.80. The van der Waals surface area contributed by atoms with Crippen LogP contribution >= 0.6 is 11.6 Å². The van der Waals surface area contributed by atoms with E-state index in [1.54, 1.807) is 18.2 Å². The number of benzene rings is 1. The van der Waals surface area contributed by atoms with Gasteiger partial charge in [-0.2, -0.15) is 5.10 Å². The van der Waals surface area contributed by atoms with Gasteiger partial charge < -0.3 is 10.2 Å². The summed E-state index contributed by atoms with van der Waals surface area (Å²) >= 11 is 6.20. The highest BCUT2D eigenvalue weighted by atomic mass is 35.5. The normalized spacial score (nSPS) is 10.8. The highest BCUT2D eigenvalue weighted by Gasteiger charge is 2.15. The first-order valence-electron chi connectivity index (χ1n) is 7.20. The first-order valence-corrected chi connectivity index (χ1v) is 7.57. The number of aromatic amines is 1. The van der Waals surface area contributed by atoms with Gasteiger partial charge >= 0.3 is 0 Å². The first kappa shape index (κ1) is 16.4. The van der Waals surface area contributed by atoms with Gasteiger partial charge in [-0.05, 0) is 30.5 Å². The lowest BCUT2D eigenvalue weighted by molar-refractivity contribution is 0.102. The number of amides is 1. The molecule has 0 radical (unpaired) electrons. The van der Waals surface area contributed by atoms with Gasteiger partial charge in [0.05, 0.1) is 16.4 Å². The number of H-pyrrole nitrogens is 1. The number of carbonyl (C=O) groups is 1. The van der Waals surface area contributed by atoms with Crippen molar-refractivity contribution in [3.63, 3.8) is 0 Å². The molecule has 0 aliphatic carbocycles. The lowest BCUT2D eigenvalue weighted by Crippen LogP contribution is -2.17. The van der Waals surface area contributed by atoms with E-state index in [0.29, 0.717) is 22.3 Å². The largest absolute Gasteiger partial charge is 0.375 e. The van der Waals surface area contributed by atoms with E-state index in [1.807, 2.05) is 25.1 Å². The van der Waals surface area contributed by atoms with Crippen molar-refractivity contribution in [2.24, 2.45) is 5.92 Å². The van der Waals surface area contributed by atoms with Gasteiger partial charge in [0.15, 0.2) is 5.69 Å². The first-order chi connectivity index (χ1) is 10.4. The molecule has 0 spiro atoms. The van der Waals surface area contributed by atoms with Crippen molar-refractivity contribution >= 4 is 28.9 Å². The molecule has 1 aromatic heterocycles. The number of para-hydroxylation sites is 1. The van der Waals surface area contributed by atoms with Crippen molar-refractivity contribution in [3.05, 3.63) is 40.7 Å². The SMILES string of the molecule is CC(C)Cc1cc(C(=O)Nc2cccc(Cl)c2N(C)C)n[nH]1. The Balaban J connectivity index is 2.19. The van der Waals surface area contributed by atoms with Crippen molar-refractivity contribution in [2.75, 3.05) is 24.3 Å². The molecule has 1 heterocycles. The number of hydrogen-bond donors (Lipinski definition) is 2. The van der Waals surface area contributed by atoms with E-state index < -0.39 is 0 Å². The van der Waals surface area contributed by atoms with Crippen LogP contribution in [0.5, 0.6) is 0 Å². The Hall–Kier alpha value is -2.01. The summed E-state index contributed by atoms with van der Waals surface area (Å²) in [6.45, 7) is 4.24. The van der Waals surface area contributed by atoms with Gasteiger partial charge in [0, 0.05) is 19.8 Å². The second-order valence-corrected chi connectivity index (χ2v) is 6.27. The molecular weight excluding hydrogens is 300 g/mol. The van der Waals surface area contributed by atoms with Crippen molar-refractivity contribution in [1.29, 1.82) is 0 Å². The monoisotopic (exact) mass is 320 g/mol. The minimum Gasteiger partial charge on any atom is -0.375 e. The zero-order valence-electron chi connectivity index (χ0n) is 13.3. The van der Waals surface area contributed by atoms with Crippen LogP contribution in [0.1, 0.15) is 30.0 Å². The predicted octanol–water partition coefficient (Wildman–Crippen LogP) is 3.58. The molecule has 0 fully saturated rings. The van der Waals surface area contributed by atoms with Gasteiger partial charge in [-0.15, -0.1) is 0 Å². The van der Waals surface area contributed by atoms with Crippen LogP contribution in [0.2, 0.25) is 5.02 Å². The Morgan fingerprint density at radius 1 is 1.41 bits per heavy atom. The Bertz CT molecular complexity index is 664. The van der Waals surface area contributed by atoms with Crippen LogP contribution in [0.4, 0.5) is 11.4 Å². The van der Waals surface area contributed by atoms with Crippen molar-refractivity contribution < 1.29 is 4.79 Å². The molecule has 2 N–H and O–H groups in total. The summed E-state index contributed by atoms with van der Waals surface area (Å²) in [5.74, 6) is 0.251. The van der Waals surface area contributed by atoms with Gasteiger partial charge in [-0.1, -0.05) is 31.5 Å². The lowest BCUT2D eigenvalue weighted by Gasteiger charge is -2.19. The summed E-state index contributed by atoms with van der Waals surface area (Å²) in [7, 11) is 3.76. The van der Waals surface area contributed by atoms with E-state index in [1.165, 1.54) is 0 Å². The summed E-state index contributed by atoms with van der Waals surface area (Å²) in [5.41, 5.74) is 2.77. The van der Waals surface area contributed by atoms with Crippen LogP contribution in [-0.4, -0.2) is 30.2 Å². The Kier molecular flexibility index (Phi) is 5.08. The maximum atomic E-state index is 12.3. The number of halogens is 1. The van der Waals surface area contributed by atoms with Crippen LogP contribution in [0.15, 0.2) is 24.3 Å². The van der Waals surface area contributed by atoms with E-state index >= 15 is 0 Å². The summed E-state index contributed by atoms with van der Waals surface area (Å²) in [5, 5.41) is 10.4. The smallest absolute Gasteiger partial charge is 0.276 e. The van der Waals surface area contributed by atoms with Gasteiger partial charge in [0.25, 0.3) is 5.91 Å². The summed E-state index contributed by atoms with van der Waals surface area (Å²) in [6.07, 6.45) is 0.862. The maximum absolute atomic E-state index is 12.3. The second-order valence-electron chi connectivity index (χ2n) is 5.86. The molecule has 0 aliphatic rings. The fraction of sp³-hybridized carbons (Fsp3) is 0.375. The molecule has 0 saturated heterocycles. The molecule has 0 atom stereocenters. The average Bonchev–Trinajstić information content (AvgIpc) is 2.86. The highest BCUT2D eigenvalue weighted by molar-refractivity contribution is 6.34. The third-order valence-electron chi connectivity index (χ3n) is 3.17. The molecule has 0 saturated carbocycles. The molecule has 2 rings (SSSR count). The van der Waals surface area contributed by atoms with E-state index in [9.17, 15) is 4.79 Å². The highest BCUT2D eigenvalue weighted by Crippen LogP contribution is 2.32. The number of nitrogens with zero attached hydrogens (tertiary/aromatic N) is 2. The number of aromatic nitrogens is 2. The summed E-state index contributed by atoms with van der Waals surface area (Å²) in [6, 6.07) is 7.21. The zero-order chi connectivity index (χ0) is 16.3. The predicted molar refractivity (Wildman–Crippen MR) is 90.9 cm³/mol. The number of carbonyl (C=O) groups excluding carboxylic acids is 1. The Morgan fingerprint density at radius 2 is 2.14 bits per heavy atom. The topological polar surface area (TPSA) is 61.0 Å². The van der Waals surface area contributed by atoms with Crippen molar-refractivity contribution in [1.82, 2.24) is 10.2 Å². The molecule has 6 heteroatoms.